The van der Waals surface area contributed by atoms with Crippen LogP contribution in [0.2, 0.25) is 0 Å². The molecule has 0 radical (unpaired) electrons. The van der Waals surface area contributed by atoms with Crippen LogP contribution in [-0.2, 0) is 14.3 Å². The number of ether oxygens (including phenoxy) is 1. The van der Waals surface area contributed by atoms with Crippen molar-refractivity contribution >= 4 is 35.4 Å². The number of nitrogens with two attached hydrogens (primary N) is 1. The summed E-state index contributed by atoms with van der Waals surface area (Å²) in [5, 5.41) is 2.49. The molecule has 1 aromatic rings. The van der Waals surface area contributed by atoms with Crippen LogP contribution in [0.3, 0.4) is 0 Å². The van der Waals surface area contributed by atoms with Gasteiger partial charge in [-0.2, -0.15) is 4.99 Å². The van der Waals surface area contributed by atoms with Gasteiger partial charge >= 0.3 is 5.97 Å². The summed E-state index contributed by atoms with van der Waals surface area (Å²) in [7, 11) is 0. The van der Waals surface area contributed by atoms with Crippen LogP contribution in [0.25, 0.3) is 0 Å². The molecule has 0 saturated heterocycles. The third kappa shape index (κ3) is 3.44. The number of anilines is 1. The largest absolute Gasteiger partial charge is 0.462 e. The SMILES string of the molecule is CCOC(=O)c1c(C)oc(NC(=O)C2(C)CC(=O)N=C3C=CC=CN32)c1C(N)=O. The molecule has 0 bridgehead atoms. The molecule has 29 heavy (non-hydrogen) atoms. The van der Waals surface area contributed by atoms with Crippen molar-refractivity contribution in [1.29, 1.82) is 0 Å². The number of amidine groups is 1. The number of furan rings is 1. The molecule has 2 aliphatic heterocycles. The van der Waals surface area contributed by atoms with Crippen molar-refractivity contribution in [2.24, 2.45) is 10.7 Å². The van der Waals surface area contributed by atoms with Gasteiger partial charge in [-0.25, -0.2) is 4.79 Å². The Kier molecular flexibility index (Phi) is 5.10. The van der Waals surface area contributed by atoms with Gasteiger partial charge < -0.3 is 19.8 Å². The minimum atomic E-state index is -1.34. The summed E-state index contributed by atoms with van der Waals surface area (Å²) in [6.07, 6.45) is 6.42. The highest BCUT2D eigenvalue weighted by Gasteiger charge is 2.46. The number of hydrogen-bond acceptors (Lipinski definition) is 7. The van der Waals surface area contributed by atoms with Crippen molar-refractivity contribution in [3.05, 3.63) is 41.3 Å². The second-order valence-corrected chi connectivity index (χ2v) is 6.66. The number of aliphatic imine (C=N–C) groups is 1. The smallest absolute Gasteiger partial charge is 0.342 e. The van der Waals surface area contributed by atoms with Crippen LogP contribution in [-0.4, -0.2) is 46.6 Å². The molecule has 1 unspecified atom stereocenters. The zero-order chi connectivity index (χ0) is 21.3. The topological polar surface area (TPSA) is 144 Å². The molecule has 152 valence electrons. The van der Waals surface area contributed by atoms with Crippen LogP contribution in [0, 0.1) is 6.92 Å². The van der Waals surface area contributed by atoms with E-state index in [2.05, 4.69) is 10.3 Å². The van der Waals surface area contributed by atoms with Gasteiger partial charge in [0.2, 0.25) is 5.88 Å². The molecular weight excluding hydrogens is 380 g/mol. The number of fused-ring (bicyclic) bond motifs is 1. The molecular formula is C19H20N4O6. The van der Waals surface area contributed by atoms with Gasteiger partial charge in [-0.1, -0.05) is 6.08 Å². The van der Waals surface area contributed by atoms with Crippen LogP contribution in [0.1, 0.15) is 46.7 Å². The van der Waals surface area contributed by atoms with Crippen molar-refractivity contribution in [2.75, 3.05) is 11.9 Å². The summed E-state index contributed by atoms with van der Waals surface area (Å²) in [4.78, 5) is 54.9. The third-order valence-electron chi connectivity index (χ3n) is 4.63. The van der Waals surface area contributed by atoms with Gasteiger partial charge in [0.05, 0.1) is 13.0 Å². The number of primary amides is 1. The zero-order valence-corrected chi connectivity index (χ0v) is 16.1. The summed E-state index contributed by atoms with van der Waals surface area (Å²) in [5.41, 5.74) is 3.64. The van der Waals surface area contributed by atoms with E-state index in [9.17, 15) is 19.2 Å². The summed E-state index contributed by atoms with van der Waals surface area (Å²) in [6, 6.07) is 0. The lowest BCUT2D eigenvalue weighted by atomic mass is 9.91. The quantitative estimate of drug-likeness (QED) is 0.708. The second kappa shape index (κ2) is 7.38. The van der Waals surface area contributed by atoms with Gasteiger partial charge in [0.1, 0.15) is 28.3 Å². The maximum Gasteiger partial charge on any atom is 0.342 e. The minimum absolute atomic E-state index is 0.0699. The fourth-order valence-electron chi connectivity index (χ4n) is 3.23. The summed E-state index contributed by atoms with van der Waals surface area (Å²) >= 11 is 0. The Balaban J connectivity index is 1.98. The number of carbonyl (C=O) groups is 4. The zero-order valence-electron chi connectivity index (χ0n) is 16.1. The minimum Gasteiger partial charge on any atom is -0.462 e. The maximum atomic E-state index is 13.1. The molecule has 3 amide bonds. The molecule has 0 aliphatic carbocycles. The molecule has 3 rings (SSSR count). The van der Waals surface area contributed by atoms with Crippen molar-refractivity contribution in [3.8, 4) is 0 Å². The first-order chi connectivity index (χ1) is 13.7. The highest BCUT2D eigenvalue weighted by atomic mass is 16.5. The van der Waals surface area contributed by atoms with Crippen LogP contribution in [0.4, 0.5) is 5.88 Å². The average Bonchev–Trinajstić information content (AvgIpc) is 2.97. The van der Waals surface area contributed by atoms with E-state index >= 15 is 0 Å². The normalized spacial score (nSPS) is 20.2. The predicted octanol–water partition coefficient (Wildman–Crippen LogP) is 1.28. The molecule has 10 nitrogen and oxygen atoms in total. The van der Waals surface area contributed by atoms with Crippen molar-refractivity contribution < 1.29 is 28.3 Å². The fraction of sp³-hybridized carbons (Fsp3) is 0.316. The van der Waals surface area contributed by atoms with E-state index in [0.29, 0.717) is 5.84 Å². The average molecular weight is 400 g/mol. The van der Waals surface area contributed by atoms with E-state index in [0.717, 1.165) is 0 Å². The maximum absolute atomic E-state index is 13.1. The Labute approximate surface area is 166 Å². The van der Waals surface area contributed by atoms with Crippen molar-refractivity contribution in [2.45, 2.75) is 32.7 Å². The first-order valence-corrected chi connectivity index (χ1v) is 8.86. The third-order valence-corrected chi connectivity index (χ3v) is 4.63. The number of amides is 3. The molecule has 0 aromatic carbocycles. The summed E-state index contributed by atoms with van der Waals surface area (Å²) in [5.74, 6) is -2.75. The van der Waals surface area contributed by atoms with E-state index in [1.165, 1.54) is 6.92 Å². The van der Waals surface area contributed by atoms with Crippen molar-refractivity contribution in [1.82, 2.24) is 4.90 Å². The van der Waals surface area contributed by atoms with Gasteiger partial charge in [-0.05, 0) is 32.9 Å². The molecule has 1 aromatic heterocycles. The molecule has 0 spiro atoms. The van der Waals surface area contributed by atoms with Gasteiger partial charge in [0.15, 0.2) is 0 Å². The number of aryl methyl sites for hydroxylation is 1. The number of rotatable bonds is 5. The number of esters is 1. The number of hydrogen-bond donors (Lipinski definition) is 2. The van der Waals surface area contributed by atoms with E-state index in [1.54, 1.807) is 43.2 Å². The number of allylic oxidation sites excluding steroid dienone is 2. The fourth-order valence-corrected chi connectivity index (χ4v) is 3.23. The number of nitrogens with one attached hydrogen (secondary N) is 1. The molecule has 0 saturated carbocycles. The van der Waals surface area contributed by atoms with Gasteiger partial charge in [0.25, 0.3) is 17.7 Å². The molecule has 2 aliphatic rings. The predicted molar refractivity (Wildman–Crippen MR) is 102 cm³/mol. The molecule has 10 heteroatoms. The van der Waals surface area contributed by atoms with E-state index in [4.69, 9.17) is 14.9 Å². The first kappa shape index (κ1) is 20.1. The molecule has 1 atom stereocenters. The van der Waals surface area contributed by atoms with Gasteiger partial charge in [-0.3, -0.25) is 19.7 Å². The molecule has 3 heterocycles. The first-order valence-electron chi connectivity index (χ1n) is 8.86. The van der Waals surface area contributed by atoms with Crippen LogP contribution < -0.4 is 11.1 Å². The highest BCUT2D eigenvalue weighted by Crippen LogP contribution is 2.32. The van der Waals surface area contributed by atoms with Crippen LogP contribution >= 0.6 is 0 Å². The van der Waals surface area contributed by atoms with Crippen LogP contribution in [0.15, 0.2) is 33.8 Å². The van der Waals surface area contributed by atoms with E-state index in [1.807, 2.05) is 0 Å². The molecule has 0 fully saturated rings. The number of carbonyl (C=O) groups excluding carboxylic acids is 4. The lowest BCUT2D eigenvalue weighted by Crippen LogP contribution is -2.58. The lowest BCUT2D eigenvalue weighted by Gasteiger charge is -2.41. The van der Waals surface area contributed by atoms with E-state index in [-0.39, 0.29) is 35.8 Å². The Morgan fingerprint density at radius 3 is 2.72 bits per heavy atom. The standard InChI is InChI=1S/C19H20N4O6/c1-4-28-17(26)13-10(2)29-16(14(13)15(20)25)22-18(27)19(3)9-12(24)21-11-7-5-6-8-23(11)19/h5-8H,4,9H2,1-3H3,(H2,20,25)(H,22,27). The summed E-state index contributed by atoms with van der Waals surface area (Å²) in [6.45, 7) is 4.70. The van der Waals surface area contributed by atoms with Crippen molar-refractivity contribution in [3.63, 3.8) is 0 Å². The van der Waals surface area contributed by atoms with Gasteiger partial charge in [-0.15, -0.1) is 0 Å². The summed E-state index contributed by atoms with van der Waals surface area (Å²) < 4.78 is 10.4. The Morgan fingerprint density at radius 1 is 1.34 bits per heavy atom. The molecule has 3 N–H and O–H groups in total. The lowest BCUT2D eigenvalue weighted by molar-refractivity contribution is -0.130. The highest BCUT2D eigenvalue weighted by molar-refractivity contribution is 6.14. The number of nitrogens with zero attached hydrogens (tertiary/aromatic N) is 2. The Hall–Kier alpha value is -3.69. The van der Waals surface area contributed by atoms with Crippen LogP contribution in [0.5, 0.6) is 0 Å². The Bertz CT molecular complexity index is 1000. The van der Waals surface area contributed by atoms with E-state index < -0.39 is 29.2 Å². The Morgan fingerprint density at radius 2 is 2.07 bits per heavy atom. The monoisotopic (exact) mass is 400 g/mol. The van der Waals surface area contributed by atoms with Gasteiger partial charge in [0, 0.05) is 6.20 Å². The second-order valence-electron chi connectivity index (χ2n) is 6.66.